The highest BCUT2D eigenvalue weighted by molar-refractivity contribution is 5.38. The molecular formula is C7H7N2O2. The third kappa shape index (κ3) is 1.53. The minimum atomic E-state index is -0.460. The van der Waals surface area contributed by atoms with Gasteiger partial charge in [-0.25, -0.2) is 0 Å². The summed E-state index contributed by atoms with van der Waals surface area (Å²) in [5, 5.41) is 10.3. The van der Waals surface area contributed by atoms with E-state index >= 15 is 0 Å². The van der Waals surface area contributed by atoms with Crippen molar-refractivity contribution in [2.24, 2.45) is 5.73 Å². The molecule has 1 rings (SSSR count). The number of rotatable bonds is 2. The highest BCUT2D eigenvalue weighted by Crippen LogP contribution is 2.15. The molecule has 0 atom stereocenters. The number of benzene rings is 1. The maximum absolute atomic E-state index is 10.3. The normalized spacial score (nSPS) is 9.55. The molecule has 4 heteroatoms. The Morgan fingerprint density at radius 3 is 2.91 bits per heavy atom. The summed E-state index contributed by atoms with van der Waals surface area (Å²) in [7, 11) is 0. The molecule has 1 aromatic rings. The minimum Gasteiger partial charge on any atom is -0.326 e. The second-order valence-corrected chi connectivity index (χ2v) is 2.00. The molecule has 0 saturated heterocycles. The maximum atomic E-state index is 10.3. The van der Waals surface area contributed by atoms with Crippen LogP contribution in [0, 0.1) is 16.2 Å². The number of hydrogen-bond donors (Lipinski definition) is 1. The molecular weight excluding hydrogens is 144 g/mol. The molecule has 1 aromatic carbocycles. The van der Waals surface area contributed by atoms with Crippen LogP contribution in [0.5, 0.6) is 0 Å². The van der Waals surface area contributed by atoms with E-state index in [1.165, 1.54) is 6.07 Å². The molecule has 57 valence electrons. The predicted octanol–water partition coefficient (Wildman–Crippen LogP) is 0.854. The van der Waals surface area contributed by atoms with E-state index in [0.29, 0.717) is 5.56 Å². The first-order chi connectivity index (χ1) is 5.25. The molecule has 0 aliphatic heterocycles. The summed E-state index contributed by atoms with van der Waals surface area (Å²) in [6.07, 6.45) is 0. The van der Waals surface area contributed by atoms with Crippen molar-refractivity contribution in [1.29, 1.82) is 0 Å². The summed E-state index contributed by atoms with van der Waals surface area (Å²) in [5.41, 5.74) is 5.73. The van der Waals surface area contributed by atoms with Gasteiger partial charge in [-0.05, 0) is 6.07 Å². The lowest BCUT2D eigenvalue weighted by molar-refractivity contribution is -0.385. The van der Waals surface area contributed by atoms with Gasteiger partial charge in [0.25, 0.3) is 5.69 Å². The zero-order valence-electron chi connectivity index (χ0n) is 5.78. The Hall–Kier alpha value is -1.42. The molecule has 2 N–H and O–H groups in total. The fourth-order valence-corrected chi connectivity index (χ4v) is 0.797. The van der Waals surface area contributed by atoms with E-state index in [1.54, 1.807) is 12.1 Å². The second kappa shape index (κ2) is 3.12. The molecule has 0 amide bonds. The number of hydrogen-bond acceptors (Lipinski definition) is 3. The van der Waals surface area contributed by atoms with Gasteiger partial charge in [0.2, 0.25) is 0 Å². The molecule has 0 unspecified atom stereocenters. The predicted molar refractivity (Wildman–Crippen MR) is 39.8 cm³/mol. The van der Waals surface area contributed by atoms with Crippen LogP contribution in [0.1, 0.15) is 5.56 Å². The Bertz CT molecular complexity index is 273. The summed E-state index contributed by atoms with van der Waals surface area (Å²) < 4.78 is 0. The smallest absolute Gasteiger partial charge is 0.274 e. The monoisotopic (exact) mass is 151 g/mol. The van der Waals surface area contributed by atoms with Gasteiger partial charge < -0.3 is 5.73 Å². The lowest BCUT2D eigenvalue weighted by atomic mass is 10.2. The van der Waals surface area contributed by atoms with Gasteiger partial charge in [-0.3, -0.25) is 10.1 Å². The molecule has 4 nitrogen and oxygen atoms in total. The second-order valence-electron chi connectivity index (χ2n) is 2.00. The molecule has 0 spiro atoms. The van der Waals surface area contributed by atoms with Crippen LogP contribution >= 0.6 is 0 Å². The number of nitrogens with zero attached hydrogens (tertiary/aromatic N) is 1. The van der Waals surface area contributed by atoms with Gasteiger partial charge >= 0.3 is 0 Å². The van der Waals surface area contributed by atoms with Gasteiger partial charge in [-0.1, -0.05) is 12.1 Å². The fourth-order valence-electron chi connectivity index (χ4n) is 0.797. The van der Waals surface area contributed by atoms with E-state index in [0.717, 1.165) is 0 Å². The lowest BCUT2D eigenvalue weighted by Gasteiger charge is -1.95. The Balaban J connectivity index is 3.12. The first kappa shape index (κ1) is 7.68. The molecule has 0 heterocycles. The zero-order chi connectivity index (χ0) is 8.27. The Morgan fingerprint density at radius 2 is 2.45 bits per heavy atom. The fraction of sp³-hybridized carbons (Fsp3) is 0.143. The van der Waals surface area contributed by atoms with Crippen LogP contribution in [0.15, 0.2) is 18.2 Å². The molecule has 11 heavy (non-hydrogen) atoms. The van der Waals surface area contributed by atoms with Crippen LogP contribution in [-0.2, 0) is 6.54 Å². The molecule has 0 saturated carbocycles. The van der Waals surface area contributed by atoms with Gasteiger partial charge in [-0.2, -0.15) is 0 Å². The topological polar surface area (TPSA) is 69.2 Å². The zero-order valence-corrected chi connectivity index (χ0v) is 5.78. The van der Waals surface area contributed by atoms with Crippen molar-refractivity contribution in [3.8, 4) is 0 Å². The highest BCUT2D eigenvalue weighted by Gasteiger charge is 2.09. The van der Waals surface area contributed by atoms with Crippen molar-refractivity contribution in [3.63, 3.8) is 0 Å². The summed E-state index contributed by atoms with van der Waals surface area (Å²) in [6, 6.07) is 7.29. The minimum absolute atomic E-state index is 0.0370. The first-order valence-corrected chi connectivity index (χ1v) is 3.09. The van der Waals surface area contributed by atoms with Crippen molar-refractivity contribution in [2.45, 2.75) is 6.54 Å². The number of nitrogens with two attached hydrogens (primary N) is 1. The number of nitro groups is 1. The van der Waals surface area contributed by atoms with Crippen molar-refractivity contribution in [3.05, 3.63) is 39.9 Å². The van der Waals surface area contributed by atoms with E-state index in [4.69, 9.17) is 5.73 Å². The summed E-state index contributed by atoms with van der Waals surface area (Å²) in [6.45, 7) is 0.150. The van der Waals surface area contributed by atoms with Crippen LogP contribution in [0.3, 0.4) is 0 Å². The van der Waals surface area contributed by atoms with Crippen molar-refractivity contribution in [2.75, 3.05) is 0 Å². The molecule has 1 radical (unpaired) electrons. The van der Waals surface area contributed by atoms with Gasteiger partial charge in [0.15, 0.2) is 0 Å². The van der Waals surface area contributed by atoms with Crippen LogP contribution < -0.4 is 5.73 Å². The average molecular weight is 151 g/mol. The highest BCUT2D eigenvalue weighted by atomic mass is 16.6. The van der Waals surface area contributed by atoms with Gasteiger partial charge in [0.05, 0.1) is 10.5 Å². The summed E-state index contributed by atoms with van der Waals surface area (Å²) in [5.74, 6) is 0. The SMILES string of the molecule is NCc1[c]cccc1[N+](=O)[O-]. The van der Waals surface area contributed by atoms with Gasteiger partial charge in [0.1, 0.15) is 0 Å². The Kier molecular flexibility index (Phi) is 2.18. The van der Waals surface area contributed by atoms with Crippen molar-refractivity contribution >= 4 is 5.69 Å². The Morgan fingerprint density at radius 1 is 1.73 bits per heavy atom. The Labute approximate surface area is 63.8 Å². The third-order valence-electron chi connectivity index (χ3n) is 1.32. The van der Waals surface area contributed by atoms with Crippen molar-refractivity contribution < 1.29 is 4.92 Å². The van der Waals surface area contributed by atoms with E-state index in [-0.39, 0.29) is 12.2 Å². The van der Waals surface area contributed by atoms with Crippen LogP contribution in [0.4, 0.5) is 5.69 Å². The largest absolute Gasteiger partial charge is 0.326 e. The third-order valence-corrected chi connectivity index (χ3v) is 1.32. The van der Waals surface area contributed by atoms with Crippen LogP contribution in [-0.4, -0.2) is 4.92 Å². The van der Waals surface area contributed by atoms with Gasteiger partial charge in [-0.15, -0.1) is 0 Å². The van der Waals surface area contributed by atoms with Crippen LogP contribution in [0.25, 0.3) is 0 Å². The first-order valence-electron chi connectivity index (χ1n) is 3.09. The van der Waals surface area contributed by atoms with E-state index in [9.17, 15) is 10.1 Å². The molecule has 0 bridgehead atoms. The molecule has 0 aromatic heterocycles. The van der Waals surface area contributed by atoms with Crippen LogP contribution in [0.2, 0.25) is 0 Å². The van der Waals surface area contributed by atoms with E-state index in [2.05, 4.69) is 6.07 Å². The quantitative estimate of drug-likeness (QED) is 0.503. The summed E-state index contributed by atoms with van der Waals surface area (Å²) in [4.78, 5) is 9.85. The summed E-state index contributed by atoms with van der Waals surface area (Å²) >= 11 is 0. The van der Waals surface area contributed by atoms with E-state index in [1.807, 2.05) is 0 Å². The maximum Gasteiger partial charge on any atom is 0.274 e. The molecule has 0 aliphatic rings. The standard InChI is InChI=1S/C7H7N2O2/c8-5-6-3-1-2-4-7(6)9(10)11/h1-2,4H,5,8H2. The average Bonchev–Trinajstić information content (AvgIpc) is 2.04. The van der Waals surface area contributed by atoms with Crippen molar-refractivity contribution in [1.82, 2.24) is 0 Å². The number of nitro benzene ring substituents is 1. The van der Waals surface area contributed by atoms with Gasteiger partial charge in [0, 0.05) is 12.6 Å². The molecule has 0 fully saturated rings. The van der Waals surface area contributed by atoms with E-state index < -0.39 is 4.92 Å². The molecule has 0 aliphatic carbocycles. The lowest BCUT2D eigenvalue weighted by Crippen LogP contribution is -2.01.